The zero-order valence-electron chi connectivity index (χ0n) is 14.2. The van der Waals surface area contributed by atoms with Gasteiger partial charge in [0.25, 0.3) is 0 Å². The van der Waals surface area contributed by atoms with Crippen molar-refractivity contribution in [2.75, 3.05) is 0 Å². The van der Waals surface area contributed by atoms with Gasteiger partial charge in [0, 0.05) is 30.5 Å². The van der Waals surface area contributed by atoms with E-state index in [1.54, 1.807) is 0 Å². The number of hydrogen-bond acceptors (Lipinski definition) is 3. The van der Waals surface area contributed by atoms with Crippen LogP contribution in [0, 0.1) is 5.92 Å². The van der Waals surface area contributed by atoms with Crippen molar-refractivity contribution in [2.24, 2.45) is 11.7 Å². The highest BCUT2D eigenvalue weighted by molar-refractivity contribution is 5.85. The molecule has 134 valence electrons. The van der Waals surface area contributed by atoms with Crippen LogP contribution in [0.2, 0.25) is 0 Å². The minimum Gasteiger partial charge on any atom is -0.353 e. The summed E-state index contributed by atoms with van der Waals surface area (Å²) in [5, 5.41) is 6.08. The third kappa shape index (κ3) is 7.08. The topological polar surface area (TPSA) is 84.2 Å². The number of carbonyl (C=O) groups excluding carboxylic acids is 2. The van der Waals surface area contributed by atoms with Crippen LogP contribution in [0.3, 0.4) is 0 Å². The lowest BCUT2D eigenvalue weighted by Gasteiger charge is -2.27. The highest BCUT2D eigenvalue weighted by atomic mass is 35.5. The molecule has 0 aromatic heterocycles. The Bertz CT molecular complexity index is 378. The van der Waals surface area contributed by atoms with Crippen LogP contribution in [0.25, 0.3) is 0 Å². The van der Waals surface area contributed by atoms with E-state index in [4.69, 9.17) is 5.73 Å². The van der Waals surface area contributed by atoms with Crippen molar-refractivity contribution in [3.63, 3.8) is 0 Å². The molecule has 1 unspecified atom stereocenters. The molecule has 2 amide bonds. The summed E-state index contributed by atoms with van der Waals surface area (Å²) in [4.78, 5) is 24.2. The Hall–Kier alpha value is -0.810. The number of nitrogens with one attached hydrogen (secondary N) is 2. The molecule has 23 heavy (non-hydrogen) atoms. The molecule has 2 aliphatic rings. The molecule has 6 heteroatoms. The van der Waals surface area contributed by atoms with Crippen LogP contribution in [-0.2, 0) is 9.59 Å². The predicted octanol–water partition coefficient (Wildman–Crippen LogP) is 2.27. The monoisotopic (exact) mass is 345 g/mol. The molecule has 4 N–H and O–H groups in total. The first-order valence-corrected chi connectivity index (χ1v) is 8.90. The molecule has 2 aliphatic carbocycles. The van der Waals surface area contributed by atoms with E-state index >= 15 is 0 Å². The van der Waals surface area contributed by atoms with Gasteiger partial charge in [-0.25, -0.2) is 0 Å². The fraction of sp³-hybridized carbons (Fsp3) is 0.882. The van der Waals surface area contributed by atoms with Crippen molar-refractivity contribution in [3.8, 4) is 0 Å². The SMILES string of the molecule is CC(CC(=O)NC1CCC(N)CC1)NC(=O)C1CCCCC1.Cl. The highest BCUT2D eigenvalue weighted by Gasteiger charge is 2.24. The Morgan fingerprint density at radius 1 is 1.04 bits per heavy atom. The summed E-state index contributed by atoms with van der Waals surface area (Å²) in [6, 6.07) is 0.454. The maximum Gasteiger partial charge on any atom is 0.223 e. The molecule has 0 aliphatic heterocycles. The summed E-state index contributed by atoms with van der Waals surface area (Å²) in [6.07, 6.45) is 9.80. The Labute approximate surface area is 145 Å². The van der Waals surface area contributed by atoms with E-state index in [-0.39, 0.29) is 42.2 Å². The van der Waals surface area contributed by atoms with Crippen LogP contribution in [0.15, 0.2) is 0 Å². The van der Waals surface area contributed by atoms with Gasteiger partial charge < -0.3 is 16.4 Å². The van der Waals surface area contributed by atoms with Gasteiger partial charge in [0.15, 0.2) is 0 Å². The summed E-state index contributed by atoms with van der Waals surface area (Å²) in [6.45, 7) is 1.91. The van der Waals surface area contributed by atoms with Crippen molar-refractivity contribution in [1.29, 1.82) is 0 Å². The Kier molecular flexibility index (Phi) is 8.92. The van der Waals surface area contributed by atoms with E-state index in [0.717, 1.165) is 51.4 Å². The number of hydrogen-bond donors (Lipinski definition) is 3. The first kappa shape index (κ1) is 20.2. The maximum absolute atomic E-state index is 12.2. The first-order valence-electron chi connectivity index (χ1n) is 8.90. The fourth-order valence-corrected chi connectivity index (χ4v) is 3.60. The van der Waals surface area contributed by atoms with Crippen molar-refractivity contribution < 1.29 is 9.59 Å². The molecule has 0 spiro atoms. The summed E-state index contributed by atoms with van der Waals surface area (Å²) in [5.74, 6) is 0.319. The third-order valence-electron chi connectivity index (χ3n) is 4.99. The van der Waals surface area contributed by atoms with Crippen LogP contribution >= 0.6 is 12.4 Å². The zero-order chi connectivity index (χ0) is 15.9. The Balaban J connectivity index is 0.00000264. The summed E-state index contributed by atoms with van der Waals surface area (Å²) in [5.41, 5.74) is 5.87. The molecule has 0 saturated heterocycles. The molecule has 1 atom stereocenters. The minimum atomic E-state index is -0.0970. The summed E-state index contributed by atoms with van der Waals surface area (Å²) in [7, 11) is 0. The highest BCUT2D eigenvalue weighted by Crippen LogP contribution is 2.23. The van der Waals surface area contributed by atoms with Crippen molar-refractivity contribution in [2.45, 2.75) is 89.3 Å². The lowest BCUT2D eigenvalue weighted by molar-refractivity contribution is -0.127. The lowest BCUT2D eigenvalue weighted by atomic mass is 9.88. The van der Waals surface area contributed by atoms with Gasteiger partial charge in [-0.15, -0.1) is 12.4 Å². The molecule has 0 bridgehead atoms. The van der Waals surface area contributed by atoms with E-state index in [9.17, 15) is 9.59 Å². The maximum atomic E-state index is 12.2. The van der Waals surface area contributed by atoms with Gasteiger partial charge in [0.2, 0.25) is 11.8 Å². The third-order valence-corrected chi connectivity index (χ3v) is 4.99. The van der Waals surface area contributed by atoms with Crippen molar-refractivity contribution in [3.05, 3.63) is 0 Å². The van der Waals surface area contributed by atoms with Crippen LogP contribution in [0.5, 0.6) is 0 Å². The average Bonchev–Trinajstić information content (AvgIpc) is 2.50. The molecular formula is C17H32ClN3O2. The van der Waals surface area contributed by atoms with E-state index in [2.05, 4.69) is 10.6 Å². The van der Waals surface area contributed by atoms with E-state index in [1.165, 1.54) is 6.42 Å². The molecule has 2 rings (SSSR count). The number of nitrogens with two attached hydrogens (primary N) is 1. The minimum absolute atomic E-state index is 0. The van der Waals surface area contributed by atoms with Crippen molar-refractivity contribution in [1.82, 2.24) is 10.6 Å². The largest absolute Gasteiger partial charge is 0.353 e. The van der Waals surface area contributed by atoms with E-state index in [1.807, 2.05) is 6.92 Å². The van der Waals surface area contributed by atoms with Gasteiger partial charge in [-0.3, -0.25) is 9.59 Å². The first-order chi connectivity index (χ1) is 10.5. The molecule has 0 radical (unpaired) electrons. The number of carbonyl (C=O) groups is 2. The van der Waals surface area contributed by atoms with Gasteiger partial charge in [-0.05, 0) is 45.4 Å². The molecule has 0 heterocycles. The van der Waals surface area contributed by atoms with Gasteiger partial charge in [0.05, 0.1) is 0 Å². The predicted molar refractivity (Wildman–Crippen MR) is 94.4 cm³/mol. The van der Waals surface area contributed by atoms with Gasteiger partial charge in [-0.2, -0.15) is 0 Å². The standard InChI is InChI=1S/C17H31N3O2.ClH/c1-12(19-17(22)13-5-3-2-4-6-13)11-16(21)20-15-9-7-14(18)8-10-15;/h12-15H,2-11,18H2,1H3,(H,19,22)(H,20,21);1H. The Morgan fingerprint density at radius 2 is 1.65 bits per heavy atom. The Morgan fingerprint density at radius 3 is 2.26 bits per heavy atom. The molecule has 5 nitrogen and oxygen atoms in total. The van der Waals surface area contributed by atoms with Gasteiger partial charge in [0.1, 0.15) is 0 Å². The van der Waals surface area contributed by atoms with Gasteiger partial charge >= 0.3 is 0 Å². The molecule has 0 aromatic rings. The lowest BCUT2D eigenvalue weighted by Crippen LogP contribution is -2.44. The summed E-state index contributed by atoms with van der Waals surface area (Å²) >= 11 is 0. The molecule has 2 fully saturated rings. The normalized spacial score (nSPS) is 26.7. The van der Waals surface area contributed by atoms with Crippen LogP contribution in [-0.4, -0.2) is 29.9 Å². The molecular weight excluding hydrogens is 314 g/mol. The van der Waals surface area contributed by atoms with E-state index < -0.39 is 0 Å². The van der Waals surface area contributed by atoms with Crippen LogP contribution < -0.4 is 16.4 Å². The quantitative estimate of drug-likeness (QED) is 0.714. The molecule has 0 aromatic carbocycles. The van der Waals surface area contributed by atoms with E-state index in [0.29, 0.717) is 12.5 Å². The fourth-order valence-electron chi connectivity index (χ4n) is 3.60. The van der Waals surface area contributed by atoms with Crippen LogP contribution in [0.4, 0.5) is 0 Å². The van der Waals surface area contributed by atoms with Gasteiger partial charge in [-0.1, -0.05) is 19.3 Å². The number of amides is 2. The number of rotatable bonds is 5. The summed E-state index contributed by atoms with van der Waals surface area (Å²) < 4.78 is 0. The van der Waals surface area contributed by atoms with Crippen molar-refractivity contribution >= 4 is 24.2 Å². The average molecular weight is 346 g/mol. The second kappa shape index (κ2) is 10.1. The smallest absolute Gasteiger partial charge is 0.223 e. The second-order valence-corrected chi connectivity index (χ2v) is 7.13. The molecule has 2 saturated carbocycles. The zero-order valence-corrected chi connectivity index (χ0v) is 15.0. The van der Waals surface area contributed by atoms with Crippen LogP contribution in [0.1, 0.15) is 71.1 Å². The second-order valence-electron chi connectivity index (χ2n) is 7.13. The number of halogens is 1.